The van der Waals surface area contributed by atoms with Crippen molar-refractivity contribution in [3.05, 3.63) is 48.4 Å². The van der Waals surface area contributed by atoms with Gasteiger partial charge in [0.25, 0.3) is 5.69 Å². The monoisotopic (exact) mass is 411 g/mol. The van der Waals surface area contributed by atoms with Crippen molar-refractivity contribution in [1.29, 1.82) is 0 Å². The lowest BCUT2D eigenvalue weighted by molar-refractivity contribution is -0.385. The molecule has 0 amide bonds. The van der Waals surface area contributed by atoms with E-state index in [-0.39, 0.29) is 43.7 Å². The van der Waals surface area contributed by atoms with E-state index in [2.05, 4.69) is 0 Å². The highest BCUT2D eigenvalue weighted by Crippen LogP contribution is 2.60. The molecule has 0 radical (unpaired) electrons. The third-order valence-corrected chi connectivity index (χ3v) is 4.97. The van der Waals surface area contributed by atoms with Crippen LogP contribution in [0.25, 0.3) is 0 Å². The van der Waals surface area contributed by atoms with E-state index in [0.717, 1.165) is 6.07 Å². The molecule has 2 atom stereocenters. The Morgan fingerprint density at radius 3 is 2.54 bits per heavy atom. The Kier molecular flexibility index (Phi) is 5.70. The second-order valence-electron chi connectivity index (χ2n) is 6.03. The van der Waals surface area contributed by atoms with Crippen LogP contribution in [0.1, 0.15) is 19.4 Å². The van der Waals surface area contributed by atoms with Gasteiger partial charge in [-0.25, -0.2) is 0 Å². The molecule has 2 unspecified atom stereocenters. The fourth-order valence-electron chi connectivity index (χ4n) is 2.70. The van der Waals surface area contributed by atoms with Crippen LogP contribution in [0.2, 0.25) is 10.0 Å². The minimum Gasteiger partial charge on any atom is -0.460 e. The Morgan fingerprint density at radius 2 is 2.00 bits per heavy atom. The van der Waals surface area contributed by atoms with Gasteiger partial charge in [-0.15, -0.1) is 0 Å². The molecule has 0 N–H and O–H groups in total. The third-order valence-electron chi connectivity index (χ3n) is 4.16. The number of allylic oxidation sites excluding steroid dienone is 1. The number of benzene rings is 1. The van der Waals surface area contributed by atoms with Crippen LogP contribution in [0.4, 0.5) is 5.69 Å². The number of esters is 1. The van der Waals surface area contributed by atoms with E-state index >= 15 is 0 Å². The molecule has 24 heavy (non-hydrogen) atoms. The van der Waals surface area contributed by atoms with Gasteiger partial charge in [-0.05, 0) is 23.5 Å². The van der Waals surface area contributed by atoms with Gasteiger partial charge in [0.05, 0.1) is 21.4 Å². The lowest BCUT2D eigenvalue weighted by Crippen LogP contribution is -2.11. The molecule has 1 aromatic rings. The highest BCUT2D eigenvalue weighted by Gasteiger charge is 2.61. The van der Waals surface area contributed by atoms with Crippen molar-refractivity contribution in [1.82, 2.24) is 0 Å². The zero-order chi connectivity index (χ0) is 18.2. The molecular weight excluding hydrogens is 400 g/mol. The average Bonchev–Trinajstić information content (AvgIpc) is 2.96. The molecule has 1 fully saturated rings. The lowest BCUT2D eigenvalue weighted by Gasteiger charge is -2.08. The number of ether oxygens (including phenoxy) is 1. The minimum absolute atomic E-state index is 0.0669. The number of halogens is 4. The number of nitro groups is 1. The standard InChI is InChI=1S/C15H13Cl4NO4/c1-15(2)9(5-12(18)19)13(15)14(21)24-6-8-10(17)3-7(16)4-11(8)20(22)23/h3-5,9,13H,6H2,1-2H3. The second-order valence-corrected chi connectivity index (χ2v) is 7.88. The summed E-state index contributed by atoms with van der Waals surface area (Å²) in [5.41, 5.74) is -0.544. The Labute approximate surface area is 158 Å². The van der Waals surface area contributed by atoms with Gasteiger partial charge in [0.2, 0.25) is 0 Å². The van der Waals surface area contributed by atoms with E-state index < -0.39 is 16.8 Å². The summed E-state index contributed by atoms with van der Waals surface area (Å²) in [6, 6.07) is 2.52. The van der Waals surface area contributed by atoms with Crippen molar-refractivity contribution in [3.63, 3.8) is 0 Å². The van der Waals surface area contributed by atoms with Gasteiger partial charge in [-0.3, -0.25) is 14.9 Å². The maximum Gasteiger partial charge on any atom is 0.310 e. The summed E-state index contributed by atoms with van der Waals surface area (Å²) in [6.07, 6.45) is 1.59. The number of nitro benzene ring substituents is 1. The van der Waals surface area contributed by atoms with Crippen LogP contribution < -0.4 is 0 Å². The Hall–Kier alpha value is -1.01. The molecule has 0 bridgehead atoms. The van der Waals surface area contributed by atoms with E-state index in [1.165, 1.54) is 6.07 Å². The summed E-state index contributed by atoms with van der Waals surface area (Å²) in [5, 5.41) is 11.3. The predicted molar refractivity (Wildman–Crippen MR) is 93.5 cm³/mol. The first-order chi connectivity index (χ1) is 11.1. The topological polar surface area (TPSA) is 69.4 Å². The molecular formula is C15H13Cl4NO4. The van der Waals surface area contributed by atoms with Crippen LogP contribution in [0.3, 0.4) is 0 Å². The first-order valence-corrected chi connectivity index (χ1v) is 8.38. The molecule has 9 heteroatoms. The number of nitrogens with zero attached hydrogens (tertiary/aromatic N) is 1. The predicted octanol–water partition coefficient (Wildman–Crippen LogP) is 5.54. The number of carbonyl (C=O) groups is 1. The van der Waals surface area contributed by atoms with E-state index in [9.17, 15) is 14.9 Å². The van der Waals surface area contributed by atoms with Crippen LogP contribution in [0, 0.1) is 27.4 Å². The first kappa shape index (κ1) is 19.3. The number of carbonyl (C=O) groups excluding carboxylic acids is 1. The van der Waals surface area contributed by atoms with Gasteiger partial charge < -0.3 is 4.74 Å². The van der Waals surface area contributed by atoms with E-state index in [1.54, 1.807) is 6.08 Å². The van der Waals surface area contributed by atoms with Gasteiger partial charge in [0, 0.05) is 11.1 Å². The van der Waals surface area contributed by atoms with E-state index in [1.807, 2.05) is 13.8 Å². The molecule has 1 aliphatic carbocycles. The summed E-state index contributed by atoms with van der Waals surface area (Å²) in [4.78, 5) is 22.7. The average molecular weight is 413 g/mol. The maximum atomic E-state index is 12.3. The van der Waals surface area contributed by atoms with Crippen LogP contribution in [-0.4, -0.2) is 10.9 Å². The van der Waals surface area contributed by atoms with Crippen LogP contribution >= 0.6 is 46.4 Å². The van der Waals surface area contributed by atoms with Crippen LogP contribution in [0.15, 0.2) is 22.7 Å². The van der Waals surface area contributed by atoms with Crippen molar-refractivity contribution < 1.29 is 14.5 Å². The molecule has 0 heterocycles. The summed E-state index contributed by atoms with van der Waals surface area (Å²) in [7, 11) is 0. The van der Waals surface area contributed by atoms with Gasteiger partial charge in [-0.2, -0.15) is 0 Å². The molecule has 5 nitrogen and oxygen atoms in total. The van der Waals surface area contributed by atoms with Crippen molar-refractivity contribution in [2.75, 3.05) is 0 Å². The second kappa shape index (κ2) is 7.08. The zero-order valence-electron chi connectivity index (χ0n) is 12.7. The van der Waals surface area contributed by atoms with Gasteiger partial charge in [-0.1, -0.05) is 60.3 Å². The molecule has 0 saturated heterocycles. The summed E-state index contributed by atoms with van der Waals surface area (Å²) < 4.78 is 5.31. The Balaban J connectivity index is 2.14. The summed E-state index contributed by atoms with van der Waals surface area (Å²) >= 11 is 23.0. The van der Waals surface area contributed by atoms with Crippen molar-refractivity contribution in [2.45, 2.75) is 20.5 Å². The van der Waals surface area contributed by atoms with Gasteiger partial charge in [0.1, 0.15) is 11.1 Å². The van der Waals surface area contributed by atoms with Gasteiger partial charge >= 0.3 is 5.97 Å². The largest absolute Gasteiger partial charge is 0.460 e. The molecule has 2 rings (SSSR count). The SMILES string of the molecule is CC1(C)C(C=C(Cl)Cl)C1C(=O)OCc1c(Cl)cc(Cl)cc1[N+](=O)[O-]. The normalized spacial score (nSPS) is 21.1. The molecule has 1 aromatic carbocycles. The molecule has 0 aliphatic heterocycles. The first-order valence-electron chi connectivity index (χ1n) is 6.87. The van der Waals surface area contributed by atoms with Crippen molar-refractivity contribution in [2.24, 2.45) is 17.3 Å². The van der Waals surface area contributed by atoms with Crippen LogP contribution in [-0.2, 0) is 16.1 Å². The molecule has 1 aliphatic rings. The van der Waals surface area contributed by atoms with Crippen LogP contribution in [0.5, 0.6) is 0 Å². The smallest absolute Gasteiger partial charge is 0.310 e. The third kappa shape index (κ3) is 3.97. The summed E-state index contributed by atoms with van der Waals surface area (Å²) in [5.74, 6) is -1.06. The summed E-state index contributed by atoms with van der Waals surface area (Å²) in [6.45, 7) is 3.45. The molecule has 0 spiro atoms. The lowest BCUT2D eigenvalue weighted by atomic mass is 10.1. The highest BCUT2D eigenvalue weighted by atomic mass is 35.5. The minimum atomic E-state index is -0.624. The highest BCUT2D eigenvalue weighted by molar-refractivity contribution is 6.55. The van der Waals surface area contributed by atoms with Crippen molar-refractivity contribution in [3.8, 4) is 0 Å². The molecule has 1 saturated carbocycles. The fraction of sp³-hybridized carbons (Fsp3) is 0.400. The number of hydrogen-bond acceptors (Lipinski definition) is 4. The van der Waals surface area contributed by atoms with E-state index in [4.69, 9.17) is 51.1 Å². The number of hydrogen-bond donors (Lipinski definition) is 0. The molecule has 0 aromatic heterocycles. The quantitative estimate of drug-likeness (QED) is 0.361. The van der Waals surface area contributed by atoms with Crippen molar-refractivity contribution >= 4 is 58.1 Å². The zero-order valence-corrected chi connectivity index (χ0v) is 15.7. The molecule has 130 valence electrons. The Bertz CT molecular complexity index is 728. The van der Waals surface area contributed by atoms with E-state index in [0.29, 0.717) is 0 Å². The van der Waals surface area contributed by atoms with Gasteiger partial charge in [0.15, 0.2) is 0 Å². The Morgan fingerprint density at radius 1 is 1.38 bits per heavy atom. The maximum absolute atomic E-state index is 12.3. The number of rotatable bonds is 5. The fourth-order valence-corrected chi connectivity index (χ4v) is 3.51.